The Bertz CT molecular complexity index is 776. The van der Waals surface area contributed by atoms with Crippen LogP contribution in [0.15, 0.2) is 35.2 Å². The minimum absolute atomic E-state index is 0.0877. The zero-order valence-corrected chi connectivity index (χ0v) is 13.3. The molecule has 21 heavy (non-hydrogen) atoms. The van der Waals surface area contributed by atoms with Gasteiger partial charge in [0.2, 0.25) is 0 Å². The molecule has 0 unspecified atom stereocenters. The zero-order chi connectivity index (χ0) is 15.6. The molecule has 0 aliphatic rings. The average molecular weight is 326 g/mol. The summed E-state index contributed by atoms with van der Waals surface area (Å²) in [5, 5.41) is 0.333. The van der Waals surface area contributed by atoms with Gasteiger partial charge in [0.25, 0.3) is 10.0 Å². The predicted molar refractivity (Wildman–Crippen MR) is 83.9 cm³/mol. The Morgan fingerprint density at radius 3 is 2.52 bits per heavy atom. The van der Waals surface area contributed by atoms with Crippen LogP contribution in [0.3, 0.4) is 0 Å². The summed E-state index contributed by atoms with van der Waals surface area (Å²) in [5.41, 5.74) is 8.09. The molecule has 2 aromatic rings. The summed E-state index contributed by atoms with van der Waals surface area (Å²) in [6.45, 7) is 3.85. The monoisotopic (exact) mass is 325 g/mol. The fourth-order valence-electron chi connectivity index (χ4n) is 1.86. The standard InChI is InChI=1S/C14H16ClN3O2S/c1-9-3-6-14(10(2)17-9)18-21(19,20)12-5-4-11(8-16)13(15)7-12/h3-7,18H,8,16H2,1-2H3. The van der Waals surface area contributed by atoms with Crippen molar-refractivity contribution in [1.29, 1.82) is 0 Å². The molecular formula is C14H16ClN3O2S. The summed E-state index contributed by atoms with van der Waals surface area (Å²) >= 11 is 6.01. The number of sulfonamides is 1. The SMILES string of the molecule is Cc1ccc(NS(=O)(=O)c2ccc(CN)c(Cl)c2)c(C)n1. The number of pyridine rings is 1. The van der Waals surface area contributed by atoms with E-state index >= 15 is 0 Å². The number of hydrogen-bond acceptors (Lipinski definition) is 4. The van der Waals surface area contributed by atoms with Crippen LogP contribution in [-0.4, -0.2) is 13.4 Å². The normalized spacial score (nSPS) is 11.4. The number of nitrogens with one attached hydrogen (secondary N) is 1. The number of anilines is 1. The molecule has 0 aliphatic carbocycles. The van der Waals surface area contributed by atoms with Crippen LogP contribution >= 0.6 is 11.6 Å². The van der Waals surface area contributed by atoms with Gasteiger partial charge in [-0.3, -0.25) is 9.71 Å². The molecule has 0 aliphatic heterocycles. The lowest BCUT2D eigenvalue weighted by Gasteiger charge is -2.11. The first-order valence-electron chi connectivity index (χ1n) is 6.29. The first-order valence-corrected chi connectivity index (χ1v) is 8.15. The molecule has 1 aromatic heterocycles. The van der Waals surface area contributed by atoms with Gasteiger partial charge in [-0.15, -0.1) is 0 Å². The molecule has 0 radical (unpaired) electrons. The van der Waals surface area contributed by atoms with Gasteiger partial charge in [-0.25, -0.2) is 8.42 Å². The van der Waals surface area contributed by atoms with Gasteiger partial charge in [0.05, 0.1) is 16.3 Å². The highest BCUT2D eigenvalue weighted by atomic mass is 35.5. The van der Waals surface area contributed by atoms with Crippen molar-refractivity contribution in [1.82, 2.24) is 4.98 Å². The van der Waals surface area contributed by atoms with Crippen LogP contribution in [-0.2, 0) is 16.6 Å². The van der Waals surface area contributed by atoms with Crippen molar-refractivity contribution in [3.05, 3.63) is 52.3 Å². The van der Waals surface area contributed by atoms with E-state index < -0.39 is 10.0 Å². The van der Waals surface area contributed by atoms with Crippen molar-refractivity contribution >= 4 is 27.3 Å². The highest BCUT2D eigenvalue weighted by molar-refractivity contribution is 7.92. The van der Waals surface area contributed by atoms with Crippen LogP contribution < -0.4 is 10.5 Å². The number of rotatable bonds is 4. The second kappa shape index (κ2) is 6.01. The van der Waals surface area contributed by atoms with Gasteiger partial charge in [-0.1, -0.05) is 17.7 Å². The fourth-order valence-corrected chi connectivity index (χ4v) is 3.32. The van der Waals surface area contributed by atoms with E-state index in [0.29, 0.717) is 22.0 Å². The molecule has 1 aromatic carbocycles. The minimum Gasteiger partial charge on any atom is -0.326 e. The minimum atomic E-state index is -3.71. The van der Waals surface area contributed by atoms with Crippen LogP contribution in [0.25, 0.3) is 0 Å². The zero-order valence-electron chi connectivity index (χ0n) is 11.7. The molecule has 0 fully saturated rings. The van der Waals surface area contributed by atoms with Crippen LogP contribution in [0, 0.1) is 13.8 Å². The molecule has 0 saturated heterocycles. The van der Waals surface area contributed by atoms with Crippen molar-refractivity contribution in [2.75, 3.05) is 4.72 Å². The van der Waals surface area contributed by atoms with Crippen molar-refractivity contribution in [3.8, 4) is 0 Å². The lowest BCUT2D eigenvalue weighted by molar-refractivity contribution is 0.601. The van der Waals surface area contributed by atoms with E-state index in [4.69, 9.17) is 17.3 Å². The predicted octanol–water partition coefficient (Wildman–Crippen LogP) is 2.61. The average Bonchev–Trinajstić information content (AvgIpc) is 2.42. The smallest absolute Gasteiger partial charge is 0.262 e. The molecule has 3 N–H and O–H groups in total. The van der Waals surface area contributed by atoms with E-state index in [1.54, 1.807) is 25.1 Å². The summed E-state index contributed by atoms with van der Waals surface area (Å²) in [6.07, 6.45) is 0. The van der Waals surface area contributed by atoms with E-state index in [2.05, 4.69) is 9.71 Å². The maximum atomic E-state index is 12.4. The highest BCUT2D eigenvalue weighted by Crippen LogP contribution is 2.23. The van der Waals surface area contributed by atoms with Crippen LogP contribution in [0.2, 0.25) is 5.02 Å². The Kier molecular flexibility index (Phi) is 4.51. The number of hydrogen-bond donors (Lipinski definition) is 2. The Labute approximate surface area is 129 Å². The van der Waals surface area contributed by atoms with E-state index in [1.807, 2.05) is 6.92 Å². The maximum absolute atomic E-state index is 12.4. The fraction of sp³-hybridized carbons (Fsp3) is 0.214. The number of nitrogens with two attached hydrogens (primary N) is 1. The maximum Gasteiger partial charge on any atom is 0.262 e. The summed E-state index contributed by atoms with van der Waals surface area (Å²) in [6, 6.07) is 7.91. The van der Waals surface area contributed by atoms with Gasteiger partial charge < -0.3 is 5.73 Å². The van der Waals surface area contributed by atoms with Crippen molar-refractivity contribution in [2.45, 2.75) is 25.3 Å². The molecular weight excluding hydrogens is 310 g/mol. The summed E-state index contributed by atoms with van der Waals surface area (Å²) in [5.74, 6) is 0. The molecule has 0 bridgehead atoms. The lowest BCUT2D eigenvalue weighted by atomic mass is 10.2. The number of aromatic nitrogens is 1. The number of halogens is 1. The summed E-state index contributed by atoms with van der Waals surface area (Å²) in [4.78, 5) is 4.31. The molecule has 112 valence electrons. The third-order valence-electron chi connectivity index (χ3n) is 3.02. The molecule has 0 spiro atoms. The van der Waals surface area contributed by atoms with Gasteiger partial charge in [0.15, 0.2) is 0 Å². The van der Waals surface area contributed by atoms with E-state index in [1.165, 1.54) is 12.1 Å². The van der Waals surface area contributed by atoms with Crippen LogP contribution in [0.5, 0.6) is 0 Å². The van der Waals surface area contributed by atoms with Crippen molar-refractivity contribution in [2.24, 2.45) is 5.73 Å². The van der Waals surface area contributed by atoms with Gasteiger partial charge in [-0.2, -0.15) is 0 Å². The van der Waals surface area contributed by atoms with Gasteiger partial charge in [0, 0.05) is 17.3 Å². The van der Waals surface area contributed by atoms with Gasteiger partial charge >= 0.3 is 0 Å². The Balaban J connectivity index is 2.36. The molecule has 0 atom stereocenters. The second-order valence-electron chi connectivity index (χ2n) is 4.65. The van der Waals surface area contributed by atoms with E-state index in [-0.39, 0.29) is 11.4 Å². The first kappa shape index (κ1) is 15.8. The number of aryl methyl sites for hydroxylation is 2. The molecule has 5 nitrogen and oxygen atoms in total. The van der Waals surface area contributed by atoms with E-state index in [9.17, 15) is 8.42 Å². The Morgan fingerprint density at radius 1 is 1.24 bits per heavy atom. The number of benzene rings is 1. The van der Waals surface area contributed by atoms with E-state index in [0.717, 1.165) is 5.69 Å². The third-order valence-corrected chi connectivity index (χ3v) is 4.74. The Hall–Kier alpha value is -1.63. The lowest BCUT2D eigenvalue weighted by Crippen LogP contribution is -2.14. The highest BCUT2D eigenvalue weighted by Gasteiger charge is 2.17. The summed E-state index contributed by atoms with van der Waals surface area (Å²) < 4.78 is 27.2. The van der Waals surface area contributed by atoms with Crippen LogP contribution in [0.1, 0.15) is 17.0 Å². The number of nitrogens with zero attached hydrogens (tertiary/aromatic N) is 1. The molecule has 2 rings (SSSR count). The topological polar surface area (TPSA) is 85.1 Å². The van der Waals surface area contributed by atoms with Gasteiger partial charge in [-0.05, 0) is 43.7 Å². The van der Waals surface area contributed by atoms with Crippen LogP contribution in [0.4, 0.5) is 5.69 Å². The second-order valence-corrected chi connectivity index (χ2v) is 6.74. The summed E-state index contributed by atoms with van der Waals surface area (Å²) in [7, 11) is -3.71. The third kappa shape index (κ3) is 3.53. The van der Waals surface area contributed by atoms with Crippen molar-refractivity contribution in [3.63, 3.8) is 0 Å². The first-order chi connectivity index (χ1) is 9.83. The molecule has 0 amide bonds. The largest absolute Gasteiger partial charge is 0.326 e. The molecule has 0 saturated carbocycles. The quantitative estimate of drug-likeness (QED) is 0.904. The van der Waals surface area contributed by atoms with Gasteiger partial charge in [0.1, 0.15) is 0 Å². The molecule has 7 heteroatoms. The Morgan fingerprint density at radius 2 is 1.95 bits per heavy atom. The molecule has 1 heterocycles. The van der Waals surface area contributed by atoms with Crippen molar-refractivity contribution < 1.29 is 8.42 Å².